The third-order valence-electron chi connectivity index (χ3n) is 2.61. The molecule has 0 fully saturated rings. The summed E-state index contributed by atoms with van der Waals surface area (Å²) in [5.74, 6) is 0.659. The molecule has 0 amide bonds. The zero-order valence-electron chi connectivity index (χ0n) is 11.1. The summed E-state index contributed by atoms with van der Waals surface area (Å²) in [5, 5.41) is 0. The van der Waals surface area contributed by atoms with E-state index < -0.39 is 0 Å². The van der Waals surface area contributed by atoms with Gasteiger partial charge in [0.25, 0.3) is 0 Å². The first kappa shape index (κ1) is 14.4. The molecule has 1 aromatic heterocycles. The predicted molar refractivity (Wildman–Crippen MR) is 80.0 cm³/mol. The third kappa shape index (κ3) is 3.97. The molecule has 0 aliphatic heterocycles. The Balaban J connectivity index is 2.06. The van der Waals surface area contributed by atoms with Gasteiger partial charge in [-0.05, 0) is 30.2 Å². The van der Waals surface area contributed by atoms with E-state index in [1.807, 2.05) is 24.3 Å². The van der Waals surface area contributed by atoms with E-state index in [0.29, 0.717) is 18.1 Å². The van der Waals surface area contributed by atoms with Gasteiger partial charge >= 0.3 is 6.01 Å². The minimum absolute atomic E-state index is 0.215. The van der Waals surface area contributed by atoms with E-state index in [9.17, 15) is 0 Å². The van der Waals surface area contributed by atoms with Gasteiger partial charge in [0.1, 0.15) is 16.4 Å². The second-order valence-electron chi connectivity index (χ2n) is 4.08. The molecule has 0 radical (unpaired) electrons. The van der Waals surface area contributed by atoms with E-state index in [4.69, 9.17) is 27.4 Å². The highest BCUT2D eigenvalue weighted by atomic mass is 32.1. The summed E-state index contributed by atoms with van der Waals surface area (Å²) in [5.41, 5.74) is 7.18. The van der Waals surface area contributed by atoms with Gasteiger partial charge in [-0.25, -0.2) is 4.98 Å². The molecule has 2 rings (SSSR count). The molecule has 5 nitrogen and oxygen atoms in total. The van der Waals surface area contributed by atoms with E-state index >= 15 is 0 Å². The minimum Gasteiger partial charge on any atom is -0.424 e. The van der Waals surface area contributed by atoms with Crippen molar-refractivity contribution in [2.75, 3.05) is 13.7 Å². The van der Waals surface area contributed by atoms with Crippen LogP contribution < -0.4 is 10.5 Å². The summed E-state index contributed by atoms with van der Waals surface area (Å²) in [6, 6.07) is 9.55. The van der Waals surface area contributed by atoms with Crippen LogP contribution in [0.2, 0.25) is 0 Å². The molecular formula is C14H15N3O2S. The van der Waals surface area contributed by atoms with E-state index in [1.54, 1.807) is 19.4 Å². The third-order valence-corrected chi connectivity index (χ3v) is 2.82. The quantitative estimate of drug-likeness (QED) is 0.821. The maximum absolute atomic E-state index is 5.56. The van der Waals surface area contributed by atoms with Gasteiger partial charge in [-0.3, -0.25) is 0 Å². The summed E-state index contributed by atoms with van der Waals surface area (Å²) in [4.78, 5) is 8.36. The maximum atomic E-state index is 5.56. The fraction of sp³-hybridized carbons (Fsp3) is 0.214. The Morgan fingerprint density at radius 3 is 2.65 bits per heavy atom. The van der Waals surface area contributed by atoms with Gasteiger partial charge in [0.2, 0.25) is 0 Å². The Morgan fingerprint density at radius 2 is 2.00 bits per heavy atom. The van der Waals surface area contributed by atoms with Crippen LogP contribution in [0.4, 0.5) is 0 Å². The molecule has 0 saturated heterocycles. The molecule has 0 aliphatic rings. The smallest absolute Gasteiger partial charge is 0.322 e. The van der Waals surface area contributed by atoms with E-state index in [1.165, 1.54) is 5.56 Å². The molecular weight excluding hydrogens is 274 g/mol. The van der Waals surface area contributed by atoms with Crippen molar-refractivity contribution in [2.45, 2.75) is 6.42 Å². The van der Waals surface area contributed by atoms with Gasteiger partial charge in [-0.2, -0.15) is 4.98 Å². The van der Waals surface area contributed by atoms with Crippen LogP contribution in [-0.2, 0) is 11.2 Å². The van der Waals surface area contributed by atoms with E-state index in [-0.39, 0.29) is 11.0 Å². The normalized spacial score (nSPS) is 10.2. The zero-order chi connectivity index (χ0) is 14.4. The Hall–Kier alpha value is -2.05. The summed E-state index contributed by atoms with van der Waals surface area (Å²) in [6.45, 7) is 0.694. The first-order chi connectivity index (χ1) is 9.69. The van der Waals surface area contributed by atoms with Crippen molar-refractivity contribution in [2.24, 2.45) is 5.73 Å². The van der Waals surface area contributed by atoms with Crippen molar-refractivity contribution >= 4 is 17.2 Å². The fourth-order valence-corrected chi connectivity index (χ4v) is 1.69. The molecule has 0 saturated carbocycles. The largest absolute Gasteiger partial charge is 0.424 e. The molecule has 2 N–H and O–H groups in total. The molecule has 0 aliphatic carbocycles. The summed E-state index contributed by atoms with van der Waals surface area (Å²) >= 11 is 4.86. The number of hydrogen-bond donors (Lipinski definition) is 1. The molecule has 20 heavy (non-hydrogen) atoms. The van der Waals surface area contributed by atoms with Gasteiger partial charge < -0.3 is 15.2 Å². The van der Waals surface area contributed by atoms with Gasteiger partial charge in [-0.1, -0.05) is 24.4 Å². The molecule has 2 aromatic rings. The van der Waals surface area contributed by atoms with Gasteiger partial charge in [0.05, 0.1) is 6.61 Å². The van der Waals surface area contributed by atoms with Crippen LogP contribution >= 0.6 is 12.2 Å². The topological polar surface area (TPSA) is 70.3 Å². The van der Waals surface area contributed by atoms with Crippen LogP contribution in [-0.4, -0.2) is 28.7 Å². The van der Waals surface area contributed by atoms with Crippen LogP contribution in [0.3, 0.4) is 0 Å². The highest BCUT2D eigenvalue weighted by Gasteiger charge is 2.04. The molecule has 0 spiro atoms. The number of nitrogens with two attached hydrogens (primary N) is 1. The summed E-state index contributed by atoms with van der Waals surface area (Å²) < 4.78 is 10.6. The Kier molecular flexibility index (Phi) is 4.97. The van der Waals surface area contributed by atoms with Crippen LogP contribution in [0.25, 0.3) is 0 Å². The zero-order valence-corrected chi connectivity index (χ0v) is 11.9. The molecule has 0 bridgehead atoms. The number of methoxy groups -OCH3 is 1. The SMILES string of the molecule is COCCc1ccc(Oc2nccc(C(N)=S)n2)cc1. The maximum Gasteiger partial charge on any atom is 0.322 e. The lowest BCUT2D eigenvalue weighted by Gasteiger charge is -2.06. The van der Waals surface area contributed by atoms with Gasteiger partial charge in [-0.15, -0.1) is 0 Å². The van der Waals surface area contributed by atoms with Crippen molar-refractivity contribution in [1.29, 1.82) is 0 Å². The molecule has 104 valence electrons. The predicted octanol–water partition coefficient (Wildman–Crippen LogP) is 2.09. The van der Waals surface area contributed by atoms with Crippen molar-refractivity contribution in [3.8, 4) is 11.8 Å². The lowest BCUT2D eigenvalue weighted by atomic mass is 10.1. The van der Waals surface area contributed by atoms with Crippen molar-refractivity contribution in [1.82, 2.24) is 9.97 Å². The first-order valence-electron chi connectivity index (χ1n) is 6.07. The van der Waals surface area contributed by atoms with Crippen molar-refractivity contribution < 1.29 is 9.47 Å². The number of benzene rings is 1. The summed E-state index contributed by atoms with van der Waals surface area (Å²) in [6.07, 6.45) is 2.42. The molecule has 1 aromatic carbocycles. The van der Waals surface area contributed by atoms with Crippen LogP contribution in [0.5, 0.6) is 11.8 Å². The van der Waals surface area contributed by atoms with Gasteiger partial charge in [0.15, 0.2) is 0 Å². The number of aromatic nitrogens is 2. The highest BCUT2D eigenvalue weighted by Crippen LogP contribution is 2.18. The lowest BCUT2D eigenvalue weighted by Crippen LogP contribution is -2.12. The summed E-state index contributed by atoms with van der Waals surface area (Å²) in [7, 11) is 1.68. The lowest BCUT2D eigenvalue weighted by molar-refractivity contribution is 0.202. The van der Waals surface area contributed by atoms with Crippen LogP contribution in [0.15, 0.2) is 36.5 Å². The molecule has 0 atom stereocenters. The fourth-order valence-electron chi connectivity index (χ4n) is 1.58. The van der Waals surface area contributed by atoms with Gasteiger partial charge in [0, 0.05) is 13.3 Å². The average Bonchev–Trinajstić information content (AvgIpc) is 2.47. The van der Waals surface area contributed by atoms with Crippen LogP contribution in [0, 0.1) is 0 Å². The number of rotatable bonds is 6. The second-order valence-corrected chi connectivity index (χ2v) is 4.52. The minimum atomic E-state index is 0.215. The number of ether oxygens (including phenoxy) is 2. The first-order valence-corrected chi connectivity index (χ1v) is 6.48. The number of thiocarbonyl (C=S) groups is 1. The average molecular weight is 289 g/mol. The molecule has 0 unspecified atom stereocenters. The Morgan fingerprint density at radius 1 is 1.25 bits per heavy atom. The van der Waals surface area contributed by atoms with Crippen LogP contribution in [0.1, 0.15) is 11.3 Å². The number of nitrogens with zero attached hydrogens (tertiary/aromatic N) is 2. The molecule has 1 heterocycles. The molecule has 6 heteroatoms. The Labute approximate surface area is 122 Å². The van der Waals surface area contributed by atoms with Crippen molar-refractivity contribution in [3.63, 3.8) is 0 Å². The van der Waals surface area contributed by atoms with E-state index in [0.717, 1.165) is 6.42 Å². The van der Waals surface area contributed by atoms with Crippen molar-refractivity contribution in [3.05, 3.63) is 47.8 Å². The number of hydrogen-bond acceptors (Lipinski definition) is 5. The highest BCUT2D eigenvalue weighted by molar-refractivity contribution is 7.80. The second kappa shape index (κ2) is 6.93. The Bertz CT molecular complexity index is 587. The van der Waals surface area contributed by atoms with E-state index in [2.05, 4.69) is 9.97 Å². The monoisotopic (exact) mass is 289 g/mol. The standard InChI is InChI=1S/C14H15N3O2S/c1-18-9-7-10-2-4-11(5-3-10)19-14-16-8-6-12(17-14)13(15)20/h2-6,8H,7,9H2,1H3,(H2,15,20).